The molecule has 24 heavy (non-hydrogen) atoms. The van der Waals surface area contributed by atoms with Gasteiger partial charge in [-0.2, -0.15) is 0 Å². The summed E-state index contributed by atoms with van der Waals surface area (Å²) >= 11 is 0. The number of pyridine rings is 1. The lowest BCUT2D eigenvalue weighted by molar-refractivity contribution is -0.116. The van der Waals surface area contributed by atoms with E-state index < -0.39 is 0 Å². The first kappa shape index (κ1) is 16.0. The van der Waals surface area contributed by atoms with Crippen LogP contribution >= 0.6 is 0 Å². The van der Waals surface area contributed by atoms with E-state index in [1.54, 1.807) is 6.20 Å². The normalized spacial score (nSPS) is 11.9. The van der Waals surface area contributed by atoms with Crippen molar-refractivity contribution >= 4 is 11.7 Å². The molecular formula is C20H21N3O. The Hall–Kier alpha value is -2.88. The van der Waals surface area contributed by atoms with Crippen molar-refractivity contribution < 1.29 is 4.79 Å². The largest absolute Gasteiger partial charge is 0.346 e. The van der Waals surface area contributed by atoms with Crippen molar-refractivity contribution in [3.05, 3.63) is 83.8 Å². The smallest absolute Gasteiger partial charge is 0.227 e. The Morgan fingerprint density at radius 2 is 1.83 bits per heavy atom. The third-order valence-electron chi connectivity index (χ3n) is 4.09. The van der Waals surface area contributed by atoms with Crippen molar-refractivity contribution in [2.24, 2.45) is 0 Å². The van der Waals surface area contributed by atoms with Crippen LogP contribution in [-0.2, 0) is 4.79 Å². The quantitative estimate of drug-likeness (QED) is 0.769. The maximum absolute atomic E-state index is 12.5. The summed E-state index contributed by atoms with van der Waals surface area (Å²) in [6.07, 6.45) is 6.10. The molecule has 1 amide bonds. The fourth-order valence-electron chi connectivity index (χ4n) is 2.80. The first-order chi connectivity index (χ1) is 11.6. The lowest BCUT2D eigenvalue weighted by Crippen LogP contribution is -2.20. The number of carbonyl (C=O) groups is 1. The van der Waals surface area contributed by atoms with Gasteiger partial charge in [0.25, 0.3) is 0 Å². The Labute approximate surface area is 142 Å². The molecule has 0 bridgehead atoms. The molecule has 0 spiro atoms. The fraction of sp³-hybridized carbons (Fsp3) is 0.200. The van der Waals surface area contributed by atoms with Crippen LogP contribution in [0, 0.1) is 13.8 Å². The van der Waals surface area contributed by atoms with Gasteiger partial charge in [0, 0.05) is 18.6 Å². The van der Waals surface area contributed by atoms with Crippen molar-refractivity contribution in [1.29, 1.82) is 0 Å². The van der Waals surface area contributed by atoms with Gasteiger partial charge in [-0.05, 0) is 48.7 Å². The topological polar surface area (TPSA) is 46.9 Å². The predicted octanol–water partition coefficient (Wildman–Crippen LogP) is 4.12. The number of aryl methyl sites for hydroxylation is 2. The molecule has 3 rings (SSSR count). The van der Waals surface area contributed by atoms with Gasteiger partial charge in [-0.25, -0.2) is 4.98 Å². The minimum absolute atomic E-state index is 0.0355. The second kappa shape index (κ2) is 7.13. The molecule has 2 aromatic heterocycles. The maximum Gasteiger partial charge on any atom is 0.227 e. The van der Waals surface area contributed by atoms with Gasteiger partial charge in [-0.15, -0.1) is 0 Å². The van der Waals surface area contributed by atoms with E-state index in [4.69, 9.17) is 0 Å². The third-order valence-corrected chi connectivity index (χ3v) is 4.09. The molecule has 4 nitrogen and oxygen atoms in total. The van der Waals surface area contributed by atoms with E-state index in [1.165, 1.54) is 5.56 Å². The summed E-state index contributed by atoms with van der Waals surface area (Å²) < 4.78 is 2.07. The van der Waals surface area contributed by atoms with Gasteiger partial charge in [0.2, 0.25) is 5.91 Å². The minimum Gasteiger partial charge on any atom is -0.346 e. The van der Waals surface area contributed by atoms with Crippen LogP contribution in [0.5, 0.6) is 0 Å². The summed E-state index contributed by atoms with van der Waals surface area (Å²) in [6.45, 7) is 4.05. The van der Waals surface area contributed by atoms with E-state index in [-0.39, 0.29) is 11.9 Å². The van der Waals surface area contributed by atoms with Crippen LogP contribution < -0.4 is 5.32 Å². The average molecular weight is 319 g/mol. The molecule has 0 aliphatic rings. The molecule has 0 saturated heterocycles. The molecule has 1 N–H and O–H groups in total. The van der Waals surface area contributed by atoms with Crippen LogP contribution in [0.15, 0.2) is 67.1 Å². The number of hydrogen-bond acceptors (Lipinski definition) is 2. The lowest BCUT2D eigenvalue weighted by Gasteiger charge is -2.21. The molecular weight excluding hydrogens is 298 g/mol. The Balaban J connectivity index is 1.81. The summed E-state index contributed by atoms with van der Waals surface area (Å²) in [5.41, 5.74) is 3.40. The summed E-state index contributed by atoms with van der Waals surface area (Å²) in [5, 5.41) is 2.89. The molecule has 2 heterocycles. The van der Waals surface area contributed by atoms with Crippen molar-refractivity contribution in [3.63, 3.8) is 0 Å². The zero-order valence-electron chi connectivity index (χ0n) is 13.9. The van der Waals surface area contributed by atoms with Crippen molar-refractivity contribution in [1.82, 2.24) is 9.55 Å². The van der Waals surface area contributed by atoms with Gasteiger partial charge in [0.1, 0.15) is 5.82 Å². The molecule has 4 heteroatoms. The molecule has 3 aromatic rings. The molecule has 0 aliphatic heterocycles. The number of nitrogens with one attached hydrogen (secondary N) is 1. The Bertz CT molecular complexity index is 807. The van der Waals surface area contributed by atoms with Crippen LogP contribution in [0.3, 0.4) is 0 Å². The van der Waals surface area contributed by atoms with Crippen LogP contribution in [0.4, 0.5) is 5.82 Å². The van der Waals surface area contributed by atoms with Gasteiger partial charge >= 0.3 is 0 Å². The zero-order valence-corrected chi connectivity index (χ0v) is 13.9. The Kier molecular flexibility index (Phi) is 4.75. The number of amides is 1. The molecule has 0 fully saturated rings. The van der Waals surface area contributed by atoms with Crippen LogP contribution in [0.1, 0.15) is 29.2 Å². The number of aromatic nitrogens is 2. The number of nitrogens with zero attached hydrogens (tertiary/aromatic N) is 2. The molecule has 0 unspecified atom stereocenters. The van der Waals surface area contributed by atoms with Crippen molar-refractivity contribution in [3.8, 4) is 0 Å². The summed E-state index contributed by atoms with van der Waals surface area (Å²) in [5.74, 6) is 0.537. The predicted molar refractivity (Wildman–Crippen MR) is 96.0 cm³/mol. The van der Waals surface area contributed by atoms with Gasteiger partial charge in [-0.1, -0.05) is 30.3 Å². The van der Waals surface area contributed by atoms with Crippen LogP contribution in [0.2, 0.25) is 0 Å². The second-order valence-corrected chi connectivity index (χ2v) is 5.98. The van der Waals surface area contributed by atoms with E-state index in [0.717, 1.165) is 11.1 Å². The monoisotopic (exact) mass is 319 g/mol. The molecule has 122 valence electrons. The fourth-order valence-corrected chi connectivity index (χ4v) is 2.80. The van der Waals surface area contributed by atoms with E-state index >= 15 is 0 Å². The minimum atomic E-state index is -0.0479. The van der Waals surface area contributed by atoms with Gasteiger partial charge in [-0.3, -0.25) is 4.79 Å². The molecule has 0 aliphatic carbocycles. The molecule has 0 radical (unpaired) electrons. The van der Waals surface area contributed by atoms with Crippen molar-refractivity contribution in [2.75, 3.05) is 5.32 Å². The lowest BCUT2D eigenvalue weighted by atomic mass is 9.98. The third kappa shape index (κ3) is 3.71. The second-order valence-electron chi connectivity index (χ2n) is 5.98. The Morgan fingerprint density at radius 3 is 2.50 bits per heavy atom. The summed E-state index contributed by atoms with van der Waals surface area (Å²) in [7, 11) is 0. The molecule has 0 saturated carbocycles. The van der Waals surface area contributed by atoms with Crippen LogP contribution in [0.25, 0.3) is 0 Å². The van der Waals surface area contributed by atoms with E-state index in [2.05, 4.69) is 33.9 Å². The Morgan fingerprint density at radius 1 is 1.08 bits per heavy atom. The standard InChI is InChI=1S/C20H21N3O/c1-15-9-10-19(21-14-15)22-20(24)13-18(23-11-5-6-12-23)17-8-4-3-7-16(17)2/h3-12,14,18H,13H2,1-2H3,(H,21,22,24)/t18-/m1/s1. The van der Waals surface area contributed by atoms with E-state index in [9.17, 15) is 4.79 Å². The van der Waals surface area contributed by atoms with Gasteiger partial charge < -0.3 is 9.88 Å². The number of carbonyl (C=O) groups excluding carboxylic acids is 1. The highest BCUT2D eigenvalue weighted by Crippen LogP contribution is 2.25. The molecule has 1 atom stereocenters. The number of hydrogen-bond donors (Lipinski definition) is 1. The molecule has 1 aromatic carbocycles. The number of rotatable bonds is 5. The first-order valence-electron chi connectivity index (χ1n) is 8.04. The SMILES string of the molecule is Cc1ccc(NC(=O)C[C@H](c2ccccc2C)n2cccc2)nc1. The summed E-state index contributed by atoms with van der Waals surface area (Å²) in [4.78, 5) is 16.8. The zero-order chi connectivity index (χ0) is 16.9. The van der Waals surface area contributed by atoms with E-state index in [0.29, 0.717) is 12.2 Å². The van der Waals surface area contributed by atoms with Crippen LogP contribution in [-0.4, -0.2) is 15.5 Å². The highest BCUT2D eigenvalue weighted by Gasteiger charge is 2.19. The van der Waals surface area contributed by atoms with Gasteiger partial charge in [0.05, 0.1) is 12.5 Å². The summed E-state index contributed by atoms with van der Waals surface area (Å²) in [6, 6.07) is 15.9. The highest BCUT2D eigenvalue weighted by atomic mass is 16.1. The average Bonchev–Trinajstić information content (AvgIpc) is 3.10. The van der Waals surface area contributed by atoms with E-state index in [1.807, 2.05) is 55.7 Å². The van der Waals surface area contributed by atoms with Gasteiger partial charge in [0.15, 0.2) is 0 Å². The first-order valence-corrected chi connectivity index (χ1v) is 8.04. The highest BCUT2D eigenvalue weighted by molar-refractivity contribution is 5.90. The maximum atomic E-state index is 12.5. The van der Waals surface area contributed by atoms with Crippen molar-refractivity contribution in [2.45, 2.75) is 26.3 Å². The number of anilines is 1. The number of benzene rings is 1.